The Morgan fingerprint density at radius 2 is 1.79 bits per heavy atom. The fourth-order valence-electron chi connectivity index (χ4n) is 3.47. The van der Waals surface area contributed by atoms with Gasteiger partial charge in [-0.25, -0.2) is 0 Å². The topological polar surface area (TPSA) is 70.2 Å². The highest BCUT2D eigenvalue weighted by atomic mass is 16.2. The molecule has 4 rings (SSSR count). The van der Waals surface area contributed by atoms with Crippen LogP contribution in [0.25, 0.3) is 0 Å². The Morgan fingerprint density at radius 1 is 1.00 bits per heavy atom. The van der Waals surface area contributed by atoms with E-state index in [9.17, 15) is 9.59 Å². The van der Waals surface area contributed by atoms with Crippen LogP contribution in [0.1, 0.15) is 40.4 Å². The fraction of sp³-hybridized carbons (Fsp3) is 0.263. The van der Waals surface area contributed by atoms with E-state index in [2.05, 4.69) is 22.9 Å². The number of amides is 2. The van der Waals surface area contributed by atoms with Crippen molar-refractivity contribution < 1.29 is 9.59 Å². The highest BCUT2D eigenvalue weighted by molar-refractivity contribution is 6.14. The van der Waals surface area contributed by atoms with E-state index in [0.717, 1.165) is 35.2 Å². The number of fused-ring (bicyclic) bond motifs is 3. The van der Waals surface area contributed by atoms with Gasteiger partial charge in [0.25, 0.3) is 11.8 Å². The van der Waals surface area contributed by atoms with E-state index < -0.39 is 5.66 Å². The zero-order valence-electron chi connectivity index (χ0n) is 13.7. The maximum absolute atomic E-state index is 12.7. The van der Waals surface area contributed by atoms with E-state index >= 15 is 0 Å². The molecular weight excluding hydrogens is 302 g/mol. The molecule has 2 aliphatic rings. The lowest BCUT2D eigenvalue weighted by Gasteiger charge is -2.36. The lowest BCUT2D eigenvalue weighted by Crippen LogP contribution is -2.59. The zero-order valence-corrected chi connectivity index (χ0v) is 13.7. The monoisotopic (exact) mass is 321 g/mol. The van der Waals surface area contributed by atoms with Crippen LogP contribution in [0.3, 0.4) is 0 Å². The van der Waals surface area contributed by atoms with Gasteiger partial charge in [-0.1, -0.05) is 31.0 Å². The number of rotatable bonds is 2. The molecule has 1 atom stereocenters. The molecule has 2 amide bonds. The van der Waals surface area contributed by atoms with Crippen LogP contribution in [-0.4, -0.2) is 11.8 Å². The zero-order chi connectivity index (χ0) is 16.9. The van der Waals surface area contributed by atoms with Crippen molar-refractivity contribution >= 4 is 23.2 Å². The molecule has 24 heavy (non-hydrogen) atoms. The van der Waals surface area contributed by atoms with Crippen LogP contribution in [0.4, 0.5) is 11.4 Å². The summed E-state index contributed by atoms with van der Waals surface area (Å²) in [5.41, 5.74) is 3.67. The third-order valence-electron chi connectivity index (χ3n) is 4.66. The van der Waals surface area contributed by atoms with Crippen molar-refractivity contribution in [2.45, 2.75) is 32.4 Å². The maximum atomic E-state index is 12.7. The van der Waals surface area contributed by atoms with Crippen molar-refractivity contribution in [3.8, 4) is 0 Å². The highest BCUT2D eigenvalue weighted by Crippen LogP contribution is 2.40. The van der Waals surface area contributed by atoms with Gasteiger partial charge >= 0.3 is 0 Å². The SMILES string of the molecule is CCCc1ccc2c(c1)C1(NC(=O)c3cc(C)ccc3N1)C(=O)N2. The maximum Gasteiger partial charge on any atom is 0.275 e. The number of hydrogen-bond acceptors (Lipinski definition) is 3. The van der Waals surface area contributed by atoms with Crippen LogP contribution in [0.2, 0.25) is 0 Å². The van der Waals surface area contributed by atoms with Crippen molar-refractivity contribution in [1.29, 1.82) is 0 Å². The first-order valence-electron chi connectivity index (χ1n) is 8.19. The molecule has 2 aliphatic heterocycles. The van der Waals surface area contributed by atoms with Gasteiger partial charge in [0.15, 0.2) is 0 Å². The Balaban J connectivity index is 1.85. The average Bonchev–Trinajstić information content (AvgIpc) is 2.81. The van der Waals surface area contributed by atoms with Crippen LogP contribution in [0, 0.1) is 6.92 Å². The molecule has 1 spiro atoms. The number of carbonyl (C=O) groups is 2. The van der Waals surface area contributed by atoms with E-state index in [1.807, 2.05) is 43.3 Å². The molecule has 0 saturated heterocycles. The number of hydrogen-bond donors (Lipinski definition) is 3. The third-order valence-corrected chi connectivity index (χ3v) is 4.66. The summed E-state index contributed by atoms with van der Waals surface area (Å²) in [5, 5.41) is 9.02. The first kappa shape index (κ1) is 14.8. The van der Waals surface area contributed by atoms with Crippen molar-refractivity contribution in [3.05, 3.63) is 58.7 Å². The van der Waals surface area contributed by atoms with Crippen LogP contribution >= 0.6 is 0 Å². The van der Waals surface area contributed by atoms with E-state index in [0.29, 0.717) is 11.3 Å². The minimum absolute atomic E-state index is 0.239. The molecule has 2 heterocycles. The summed E-state index contributed by atoms with van der Waals surface area (Å²) in [6.07, 6.45) is 1.95. The summed E-state index contributed by atoms with van der Waals surface area (Å²) in [4.78, 5) is 25.3. The van der Waals surface area contributed by atoms with Crippen molar-refractivity contribution in [2.24, 2.45) is 0 Å². The second kappa shape index (κ2) is 5.09. The molecule has 0 fully saturated rings. The molecule has 2 aromatic carbocycles. The third kappa shape index (κ3) is 2.01. The minimum Gasteiger partial charge on any atom is -0.350 e. The quantitative estimate of drug-likeness (QED) is 0.796. The molecule has 1 unspecified atom stereocenters. The second-order valence-corrected chi connectivity index (χ2v) is 6.46. The normalized spacial score (nSPS) is 20.9. The molecule has 5 nitrogen and oxygen atoms in total. The number of anilines is 2. The molecule has 0 bridgehead atoms. The van der Waals surface area contributed by atoms with Crippen LogP contribution < -0.4 is 16.0 Å². The van der Waals surface area contributed by atoms with Gasteiger partial charge in [0.05, 0.1) is 5.56 Å². The molecule has 0 aromatic heterocycles. The molecule has 0 saturated carbocycles. The summed E-state index contributed by atoms with van der Waals surface area (Å²) in [6, 6.07) is 11.5. The Hall–Kier alpha value is -2.82. The summed E-state index contributed by atoms with van der Waals surface area (Å²) in [6.45, 7) is 4.05. The minimum atomic E-state index is -1.24. The van der Waals surface area contributed by atoms with Gasteiger partial charge in [0.1, 0.15) is 0 Å². The first-order chi connectivity index (χ1) is 11.5. The predicted octanol–water partition coefficient (Wildman–Crippen LogP) is 2.91. The molecule has 3 N–H and O–H groups in total. The van der Waals surface area contributed by atoms with Gasteiger partial charge in [0, 0.05) is 16.9 Å². The van der Waals surface area contributed by atoms with Gasteiger partial charge in [0.2, 0.25) is 5.66 Å². The number of carbonyl (C=O) groups excluding carboxylic acids is 2. The van der Waals surface area contributed by atoms with Gasteiger partial charge in [-0.2, -0.15) is 0 Å². The smallest absolute Gasteiger partial charge is 0.275 e. The van der Waals surface area contributed by atoms with Crippen molar-refractivity contribution in [1.82, 2.24) is 5.32 Å². The van der Waals surface area contributed by atoms with Crippen LogP contribution in [0.5, 0.6) is 0 Å². The van der Waals surface area contributed by atoms with E-state index in [-0.39, 0.29) is 11.8 Å². The van der Waals surface area contributed by atoms with E-state index in [1.54, 1.807) is 0 Å². The summed E-state index contributed by atoms with van der Waals surface area (Å²) in [7, 11) is 0. The lowest BCUT2D eigenvalue weighted by molar-refractivity contribution is -0.120. The lowest BCUT2D eigenvalue weighted by atomic mass is 9.93. The molecule has 5 heteroatoms. The summed E-state index contributed by atoms with van der Waals surface area (Å²) in [5.74, 6) is -0.498. The Labute approximate surface area is 140 Å². The fourth-order valence-corrected chi connectivity index (χ4v) is 3.47. The highest BCUT2D eigenvalue weighted by Gasteiger charge is 2.51. The molecule has 122 valence electrons. The van der Waals surface area contributed by atoms with Crippen LogP contribution in [0.15, 0.2) is 36.4 Å². The Bertz CT molecular complexity index is 875. The van der Waals surface area contributed by atoms with E-state index in [1.165, 1.54) is 0 Å². The molecule has 0 aliphatic carbocycles. The van der Waals surface area contributed by atoms with Crippen molar-refractivity contribution in [3.63, 3.8) is 0 Å². The number of benzene rings is 2. The standard InChI is InChI=1S/C19H19N3O2/c1-3-4-12-6-8-16-14(10-12)19(18(24)20-16)21-15-7-5-11(2)9-13(15)17(23)22-19/h5-10,21H,3-4H2,1-2H3,(H,20,24)(H,22,23). The summed E-state index contributed by atoms with van der Waals surface area (Å²) < 4.78 is 0. The van der Waals surface area contributed by atoms with Crippen molar-refractivity contribution in [2.75, 3.05) is 10.6 Å². The molecular formula is C19H19N3O2. The van der Waals surface area contributed by atoms with E-state index in [4.69, 9.17) is 0 Å². The van der Waals surface area contributed by atoms with Gasteiger partial charge in [-0.15, -0.1) is 0 Å². The number of nitrogens with one attached hydrogen (secondary N) is 3. The average molecular weight is 321 g/mol. The largest absolute Gasteiger partial charge is 0.350 e. The predicted molar refractivity (Wildman–Crippen MR) is 93.0 cm³/mol. The molecule has 2 aromatic rings. The first-order valence-corrected chi connectivity index (χ1v) is 8.19. The van der Waals surface area contributed by atoms with Gasteiger partial charge < -0.3 is 16.0 Å². The van der Waals surface area contributed by atoms with Crippen LogP contribution in [-0.2, 0) is 16.9 Å². The van der Waals surface area contributed by atoms with Gasteiger partial charge in [-0.3, -0.25) is 9.59 Å². The Morgan fingerprint density at radius 3 is 2.58 bits per heavy atom. The number of aryl methyl sites for hydroxylation is 2. The molecule has 0 radical (unpaired) electrons. The second-order valence-electron chi connectivity index (χ2n) is 6.46. The Kier molecular flexibility index (Phi) is 3.13. The van der Waals surface area contributed by atoms with Gasteiger partial charge in [-0.05, 0) is 43.2 Å². The summed E-state index contributed by atoms with van der Waals surface area (Å²) >= 11 is 0.